The molecule has 0 aliphatic carbocycles. The molecule has 0 bridgehead atoms. The van der Waals surface area contributed by atoms with Crippen LogP contribution in [0.5, 0.6) is 0 Å². The van der Waals surface area contributed by atoms with Crippen molar-refractivity contribution in [3.8, 4) is 0 Å². The van der Waals surface area contributed by atoms with Crippen molar-refractivity contribution in [3.63, 3.8) is 0 Å². The van der Waals surface area contributed by atoms with Gasteiger partial charge in [-0.05, 0) is 38.5 Å². The maximum absolute atomic E-state index is 3.55. The number of hydrogen-bond donors (Lipinski definition) is 0. The van der Waals surface area contributed by atoms with Crippen molar-refractivity contribution in [2.24, 2.45) is 0 Å². The summed E-state index contributed by atoms with van der Waals surface area (Å²) in [6, 6.07) is 0. The van der Waals surface area contributed by atoms with Crippen molar-refractivity contribution >= 4 is 15.9 Å². The molecule has 0 saturated heterocycles. The molecule has 0 N–H and O–H groups in total. The molecule has 0 rings (SSSR count). The van der Waals surface area contributed by atoms with Crippen molar-refractivity contribution in [2.75, 3.05) is 32.0 Å². The van der Waals surface area contributed by atoms with Crippen molar-refractivity contribution in [1.82, 2.24) is 0 Å². The van der Waals surface area contributed by atoms with E-state index in [-0.39, 0.29) is 0 Å². The normalized spacial score (nSPS) is 14.7. The molecule has 0 saturated carbocycles. The lowest BCUT2D eigenvalue weighted by Gasteiger charge is -2.35. The second-order valence-corrected chi connectivity index (χ2v) is 6.75. The van der Waals surface area contributed by atoms with Gasteiger partial charge in [0.2, 0.25) is 0 Å². The van der Waals surface area contributed by atoms with E-state index in [2.05, 4.69) is 36.8 Å². The zero-order valence-corrected chi connectivity index (χ0v) is 14.6. The molecule has 0 spiro atoms. The van der Waals surface area contributed by atoms with Gasteiger partial charge in [-0.3, -0.25) is 0 Å². The Bertz CT molecular complexity index is 160. The Morgan fingerprint density at radius 2 is 1.11 bits per heavy atom. The van der Waals surface area contributed by atoms with Gasteiger partial charge in [-0.1, -0.05) is 49.0 Å². The number of alkyl halides is 1. The first kappa shape index (κ1) is 18.4. The van der Waals surface area contributed by atoms with Crippen molar-refractivity contribution in [3.05, 3.63) is 0 Å². The number of rotatable bonds is 13. The van der Waals surface area contributed by atoms with Crippen LogP contribution in [0.4, 0.5) is 0 Å². The summed E-state index contributed by atoms with van der Waals surface area (Å²) in [6.07, 6.45) is 12.5. The lowest BCUT2D eigenvalue weighted by Crippen LogP contribution is -2.46. The molecule has 1 unspecified atom stereocenters. The van der Waals surface area contributed by atoms with Crippen LogP contribution < -0.4 is 0 Å². The Morgan fingerprint density at radius 1 is 0.667 bits per heavy atom. The van der Waals surface area contributed by atoms with Crippen LogP contribution in [0, 0.1) is 0 Å². The summed E-state index contributed by atoms with van der Waals surface area (Å²) in [4.78, 5) is 0. The van der Waals surface area contributed by atoms with E-state index in [4.69, 9.17) is 0 Å². The molecular formula is C16H35BrN+. The van der Waals surface area contributed by atoms with Crippen molar-refractivity contribution in [2.45, 2.75) is 71.6 Å². The first-order chi connectivity index (χ1) is 8.68. The van der Waals surface area contributed by atoms with Crippen molar-refractivity contribution in [1.29, 1.82) is 0 Å². The number of hydrogen-bond acceptors (Lipinski definition) is 0. The first-order valence-corrected chi connectivity index (χ1v) is 9.20. The number of unbranched alkanes of at least 4 members (excludes halogenated alkanes) is 6. The fourth-order valence-corrected chi connectivity index (χ4v) is 2.98. The van der Waals surface area contributed by atoms with Crippen LogP contribution in [0.2, 0.25) is 0 Å². The minimum absolute atomic E-state index is 1.16. The maximum Gasteiger partial charge on any atom is 0.0784 e. The summed E-state index contributed by atoms with van der Waals surface area (Å²) < 4.78 is 1.32. The average molecular weight is 321 g/mol. The predicted molar refractivity (Wildman–Crippen MR) is 87.5 cm³/mol. The summed E-state index contributed by atoms with van der Waals surface area (Å²) in [7, 11) is 2.48. The highest BCUT2D eigenvalue weighted by atomic mass is 79.9. The van der Waals surface area contributed by atoms with Gasteiger partial charge >= 0.3 is 0 Å². The van der Waals surface area contributed by atoms with Gasteiger partial charge in [0.25, 0.3) is 0 Å². The van der Waals surface area contributed by atoms with Crippen molar-refractivity contribution < 1.29 is 4.48 Å². The summed E-state index contributed by atoms with van der Waals surface area (Å²) in [5, 5.41) is 1.16. The Labute approximate surface area is 124 Å². The van der Waals surface area contributed by atoms with E-state index in [0.717, 1.165) is 5.33 Å². The van der Waals surface area contributed by atoms with Gasteiger partial charge in [0.15, 0.2) is 0 Å². The van der Waals surface area contributed by atoms with E-state index in [1.165, 1.54) is 81.9 Å². The first-order valence-electron chi connectivity index (χ1n) is 8.08. The lowest BCUT2D eigenvalue weighted by molar-refractivity contribution is -0.910. The fourth-order valence-electron chi connectivity index (χ4n) is 2.59. The van der Waals surface area contributed by atoms with Crippen LogP contribution in [0.15, 0.2) is 0 Å². The summed E-state index contributed by atoms with van der Waals surface area (Å²) >= 11 is 3.55. The molecule has 0 aromatic heterocycles. The molecular weight excluding hydrogens is 286 g/mol. The largest absolute Gasteiger partial charge is 0.326 e. The average Bonchev–Trinajstić information content (AvgIpc) is 2.36. The Balaban J connectivity index is 3.95. The minimum Gasteiger partial charge on any atom is -0.326 e. The SMILES string of the molecule is CCCCCC[N+](C)(CCCCC)CCCCBr. The molecule has 18 heavy (non-hydrogen) atoms. The summed E-state index contributed by atoms with van der Waals surface area (Å²) in [6.45, 7) is 8.76. The second kappa shape index (κ2) is 12.5. The monoisotopic (exact) mass is 320 g/mol. The van der Waals surface area contributed by atoms with Gasteiger partial charge in [-0.2, -0.15) is 0 Å². The number of nitrogens with zero attached hydrogens (tertiary/aromatic N) is 1. The van der Waals surface area contributed by atoms with Crippen LogP contribution in [0.25, 0.3) is 0 Å². The molecule has 0 aromatic rings. The van der Waals surface area contributed by atoms with Crippen LogP contribution >= 0.6 is 15.9 Å². The van der Waals surface area contributed by atoms with Gasteiger partial charge in [-0.25, -0.2) is 0 Å². The summed E-state index contributed by atoms with van der Waals surface area (Å²) in [5.41, 5.74) is 0. The van der Waals surface area contributed by atoms with E-state index in [0.29, 0.717) is 0 Å². The molecule has 1 nitrogen and oxygen atoms in total. The third-order valence-electron chi connectivity index (χ3n) is 3.93. The lowest BCUT2D eigenvalue weighted by atomic mass is 10.1. The second-order valence-electron chi connectivity index (χ2n) is 5.95. The molecule has 1 atom stereocenters. The zero-order chi connectivity index (χ0) is 13.7. The third-order valence-corrected chi connectivity index (χ3v) is 4.50. The topological polar surface area (TPSA) is 0 Å². The maximum atomic E-state index is 3.55. The minimum atomic E-state index is 1.16. The summed E-state index contributed by atoms with van der Waals surface area (Å²) in [5.74, 6) is 0. The van der Waals surface area contributed by atoms with Gasteiger partial charge in [0.05, 0.1) is 26.7 Å². The number of quaternary nitrogens is 1. The van der Waals surface area contributed by atoms with Crippen LogP contribution in [0.3, 0.4) is 0 Å². The highest BCUT2D eigenvalue weighted by Gasteiger charge is 2.19. The predicted octanol–water partition coefficient (Wildman–Crippen LogP) is 5.38. The van der Waals surface area contributed by atoms with Crippen LogP contribution in [0.1, 0.15) is 71.6 Å². The molecule has 0 heterocycles. The zero-order valence-electron chi connectivity index (χ0n) is 13.0. The van der Waals surface area contributed by atoms with Gasteiger partial charge in [0, 0.05) is 5.33 Å². The van der Waals surface area contributed by atoms with E-state index in [9.17, 15) is 0 Å². The van der Waals surface area contributed by atoms with Crippen LogP contribution in [-0.4, -0.2) is 36.5 Å². The van der Waals surface area contributed by atoms with Crippen LogP contribution in [-0.2, 0) is 0 Å². The molecule has 0 aliphatic rings. The third kappa shape index (κ3) is 10.4. The Hall–Kier alpha value is 0.440. The highest BCUT2D eigenvalue weighted by molar-refractivity contribution is 9.09. The molecule has 0 aromatic carbocycles. The van der Waals surface area contributed by atoms with E-state index < -0.39 is 0 Å². The molecule has 2 heteroatoms. The smallest absolute Gasteiger partial charge is 0.0784 e. The van der Waals surface area contributed by atoms with E-state index in [1.807, 2.05) is 0 Å². The molecule has 0 fully saturated rings. The number of halogens is 1. The highest BCUT2D eigenvalue weighted by Crippen LogP contribution is 2.13. The van der Waals surface area contributed by atoms with E-state index in [1.54, 1.807) is 0 Å². The molecule has 110 valence electrons. The molecule has 0 aliphatic heterocycles. The van der Waals surface area contributed by atoms with Gasteiger partial charge in [0.1, 0.15) is 0 Å². The van der Waals surface area contributed by atoms with Gasteiger partial charge < -0.3 is 4.48 Å². The quantitative estimate of drug-likeness (QED) is 0.243. The standard InChI is InChI=1S/C16H35BrN/c1-4-6-8-11-15-18(3,14-10-7-5-2)16-12-9-13-17/h4-16H2,1-3H3/q+1. The Morgan fingerprint density at radius 3 is 1.61 bits per heavy atom. The molecule has 0 amide bonds. The fraction of sp³-hybridized carbons (Fsp3) is 1.00. The molecule has 0 radical (unpaired) electrons. The van der Waals surface area contributed by atoms with Gasteiger partial charge in [-0.15, -0.1) is 0 Å². The Kier molecular flexibility index (Phi) is 12.8. The van der Waals surface area contributed by atoms with E-state index >= 15 is 0 Å².